The van der Waals surface area contributed by atoms with Crippen LogP contribution in [-0.2, 0) is 0 Å². The fourth-order valence-corrected chi connectivity index (χ4v) is 9.95. The van der Waals surface area contributed by atoms with Crippen molar-refractivity contribution in [3.63, 3.8) is 0 Å². The van der Waals surface area contributed by atoms with Crippen LogP contribution < -0.4 is 0 Å². The highest BCUT2D eigenvalue weighted by atomic mass is 14.5. The molecular formula is C36H66. The van der Waals surface area contributed by atoms with Crippen LogP contribution in [0.5, 0.6) is 0 Å². The van der Waals surface area contributed by atoms with E-state index >= 15 is 0 Å². The smallest absolute Gasteiger partial charge is 0.0266 e. The minimum absolute atomic E-state index is 0.759. The molecule has 0 amide bonds. The predicted octanol–water partition coefficient (Wildman–Crippen LogP) is 12.3. The van der Waals surface area contributed by atoms with Gasteiger partial charge in [-0.25, -0.2) is 0 Å². The van der Waals surface area contributed by atoms with Crippen molar-refractivity contribution < 1.29 is 0 Å². The Morgan fingerprint density at radius 2 is 1.03 bits per heavy atom. The lowest BCUT2D eigenvalue weighted by Gasteiger charge is -2.50. The molecule has 0 aromatic carbocycles. The Morgan fingerprint density at radius 3 is 1.67 bits per heavy atom. The standard InChI is InChI=1S/C36H66/c1-3-5-6-7-9-13-31-16-20-32(21-17-31)28-33-24-26-36(27-25-33,35-14-10-8-11-15-35)29-34-22-18-30(12-4-2)19-23-34/h30-35H,3-29H2,1-2H3. The summed E-state index contributed by atoms with van der Waals surface area (Å²) in [6.07, 6.45) is 41.8. The molecule has 0 atom stereocenters. The van der Waals surface area contributed by atoms with Crippen molar-refractivity contribution in [2.45, 2.75) is 187 Å². The van der Waals surface area contributed by atoms with E-state index in [2.05, 4.69) is 13.8 Å². The lowest BCUT2D eigenvalue weighted by Crippen LogP contribution is -2.39. The van der Waals surface area contributed by atoms with Crippen LogP contribution in [0.4, 0.5) is 0 Å². The van der Waals surface area contributed by atoms with Crippen molar-refractivity contribution in [2.75, 3.05) is 0 Å². The van der Waals surface area contributed by atoms with E-state index in [-0.39, 0.29) is 0 Å². The van der Waals surface area contributed by atoms with Gasteiger partial charge < -0.3 is 0 Å². The van der Waals surface area contributed by atoms with Crippen molar-refractivity contribution in [2.24, 2.45) is 40.9 Å². The fourth-order valence-electron chi connectivity index (χ4n) is 9.95. The summed E-state index contributed by atoms with van der Waals surface area (Å²) >= 11 is 0. The van der Waals surface area contributed by atoms with E-state index in [1.54, 1.807) is 122 Å². The number of unbranched alkanes of at least 4 members (excludes halogenated alkanes) is 4. The molecule has 0 bridgehead atoms. The molecule has 0 spiro atoms. The molecule has 0 nitrogen and oxygen atoms in total. The van der Waals surface area contributed by atoms with Crippen molar-refractivity contribution in [1.29, 1.82) is 0 Å². The van der Waals surface area contributed by atoms with Crippen LogP contribution in [0.3, 0.4) is 0 Å². The van der Waals surface area contributed by atoms with E-state index in [1.165, 1.54) is 51.4 Å². The van der Waals surface area contributed by atoms with Crippen LogP contribution in [0, 0.1) is 40.9 Å². The van der Waals surface area contributed by atoms with Crippen LogP contribution in [-0.4, -0.2) is 0 Å². The van der Waals surface area contributed by atoms with E-state index in [0.29, 0.717) is 0 Å². The number of hydrogen-bond donors (Lipinski definition) is 0. The molecule has 0 heterocycles. The molecule has 4 aliphatic rings. The molecular weight excluding hydrogens is 432 g/mol. The van der Waals surface area contributed by atoms with E-state index in [1.807, 2.05) is 0 Å². The molecule has 4 aliphatic carbocycles. The second kappa shape index (κ2) is 15.6. The summed E-state index contributed by atoms with van der Waals surface area (Å²) in [5.41, 5.74) is 0.759. The molecule has 0 heteroatoms. The van der Waals surface area contributed by atoms with Crippen LogP contribution in [0.2, 0.25) is 0 Å². The maximum atomic E-state index is 2.39. The fraction of sp³-hybridized carbons (Fsp3) is 1.00. The normalized spacial score (nSPS) is 36.7. The average Bonchev–Trinajstić information content (AvgIpc) is 2.92. The Hall–Kier alpha value is 0. The Balaban J connectivity index is 1.20. The second-order valence-electron chi connectivity index (χ2n) is 14.8. The first-order valence-electron chi connectivity index (χ1n) is 17.7. The SMILES string of the molecule is CCCCCCCC1CCC(CC2CCC(CC3CCC(CCC)CC3)(C3CCCCC3)CC2)CC1. The molecule has 4 rings (SSSR count). The van der Waals surface area contributed by atoms with Crippen molar-refractivity contribution in [3.8, 4) is 0 Å². The predicted molar refractivity (Wildman–Crippen MR) is 159 cm³/mol. The van der Waals surface area contributed by atoms with E-state index in [9.17, 15) is 0 Å². The number of hydrogen-bond acceptors (Lipinski definition) is 0. The second-order valence-corrected chi connectivity index (χ2v) is 14.8. The highest BCUT2D eigenvalue weighted by Crippen LogP contribution is 2.55. The molecule has 0 unspecified atom stereocenters. The largest absolute Gasteiger partial charge is 0.0654 e. The van der Waals surface area contributed by atoms with Gasteiger partial charge in [0.15, 0.2) is 0 Å². The Labute approximate surface area is 227 Å². The van der Waals surface area contributed by atoms with Gasteiger partial charge in [0.1, 0.15) is 0 Å². The van der Waals surface area contributed by atoms with Gasteiger partial charge in [0.25, 0.3) is 0 Å². The Kier molecular flexibility index (Phi) is 12.5. The molecule has 0 saturated heterocycles. The van der Waals surface area contributed by atoms with Gasteiger partial charge in [-0.1, -0.05) is 136 Å². The van der Waals surface area contributed by atoms with Gasteiger partial charge in [0.05, 0.1) is 0 Å². The lowest BCUT2D eigenvalue weighted by molar-refractivity contribution is 0.0103. The summed E-state index contributed by atoms with van der Waals surface area (Å²) in [7, 11) is 0. The Bertz CT molecular complexity index is 547. The molecule has 0 radical (unpaired) electrons. The van der Waals surface area contributed by atoms with Crippen LogP contribution >= 0.6 is 0 Å². The third-order valence-electron chi connectivity index (χ3n) is 12.3. The summed E-state index contributed by atoms with van der Waals surface area (Å²) in [6.45, 7) is 4.73. The zero-order valence-corrected chi connectivity index (χ0v) is 25.1. The zero-order valence-electron chi connectivity index (χ0n) is 25.1. The molecule has 4 saturated carbocycles. The molecule has 0 aromatic heterocycles. The molecule has 210 valence electrons. The maximum absolute atomic E-state index is 2.39. The monoisotopic (exact) mass is 499 g/mol. The number of rotatable bonds is 13. The van der Waals surface area contributed by atoms with Crippen LogP contribution in [0.25, 0.3) is 0 Å². The quantitative estimate of drug-likeness (QED) is 0.221. The first-order chi connectivity index (χ1) is 17.7. The van der Waals surface area contributed by atoms with Gasteiger partial charge in [-0.05, 0) is 92.3 Å². The average molecular weight is 499 g/mol. The molecule has 0 aromatic rings. The van der Waals surface area contributed by atoms with Crippen molar-refractivity contribution in [1.82, 2.24) is 0 Å². The summed E-state index contributed by atoms with van der Waals surface area (Å²) in [5.74, 6) is 6.49. The first-order valence-corrected chi connectivity index (χ1v) is 17.7. The van der Waals surface area contributed by atoms with E-state index < -0.39 is 0 Å². The maximum Gasteiger partial charge on any atom is -0.0266 e. The van der Waals surface area contributed by atoms with E-state index in [4.69, 9.17) is 0 Å². The van der Waals surface area contributed by atoms with Crippen LogP contribution in [0.15, 0.2) is 0 Å². The summed E-state index contributed by atoms with van der Waals surface area (Å²) in [6, 6.07) is 0. The molecule has 0 N–H and O–H groups in total. The summed E-state index contributed by atoms with van der Waals surface area (Å²) < 4.78 is 0. The van der Waals surface area contributed by atoms with Gasteiger partial charge in [0.2, 0.25) is 0 Å². The van der Waals surface area contributed by atoms with Gasteiger partial charge in [-0.2, -0.15) is 0 Å². The first kappa shape index (κ1) is 29.0. The molecule has 36 heavy (non-hydrogen) atoms. The minimum Gasteiger partial charge on any atom is -0.0654 e. The highest BCUT2D eigenvalue weighted by molar-refractivity contribution is 4.95. The summed E-state index contributed by atoms with van der Waals surface area (Å²) in [5, 5.41) is 0. The van der Waals surface area contributed by atoms with Crippen molar-refractivity contribution >= 4 is 0 Å². The van der Waals surface area contributed by atoms with Crippen molar-refractivity contribution in [3.05, 3.63) is 0 Å². The highest BCUT2D eigenvalue weighted by Gasteiger charge is 2.44. The van der Waals surface area contributed by atoms with Gasteiger partial charge in [-0.3, -0.25) is 0 Å². The third kappa shape index (κ3) is 8.76. The third-order valence-corrected chi connectivity index (χ3v) is 12.3. The zero-order chi connectivity index (χ0) is 25.1. The van der Waals surface area contributed by atoms with E-state index in [0.717, 1.165) is 40.9 Å². The lowest BCUT2D eigenvalue weighted by atomic mass is 9.55. The van der Waals surface area contributed by atoms with Crippen LogP contribution in [0.1, 0.15) is 187 Å². The Morgan fingerprint density at radius 1 is 0.472 bits per heavy atom. The molecule has 4 fully saturated rings. The topological polar surface area (TPSA) is 0 Å². The van der Waals surface area contributed by atoms with Gasteiger partial charge in [-0.15, -0.1) is 0 Å². The van der Waals surface area contributed by atoms with Gasteiger partial charge in [0, 0.05) is 0 Å². The minimum atomic E-state index is 0.759. The molecule has 0 aliphatic heterocycles. The summed E-state index contributed by atoms with van der Waals surface area (Å²) in [4.78, 5) is 0. The van der Waals surface area contributed by atoms with Gasteiger partial charge >= 0.3 is 0 Å².